The van der Waals surface area contributed by atoms with E-state index in [9.17, 15) is 10.0 Å². The fourth-order valence-electron chi connectivity index (χ4n) is 2.51. The van der Waals surface area contributed by atoms with Gasteiger partial charge in [-0.05, 0) is 28.3 Å². The molecule has 2 aromatic rings. The first-order valence-corrected chi connectivity index (χ1v) is 5.88. The third-order valence-corrected chi connectivity index (χ3v) is 3.35. The Morgan fingerprint density at radius 2 is 1.83 bits per heavy atom. The SMILES string of the molecule is CC(=O)N(O)c1cccc2c1Cc1ccccc1-2. The van der Waals surface area contributed by atoms with Gasteiger partial charge < -0.3 is 0 Å². The Labute approximate surface area is 105 Å². The summed E-state index contributed by atoms with van der Waals surface area (Å²) in [5.41, 5.74) is 5.11. The highest BCUT2D eigenvalue weighted by atomic mass is 16.5. The molecule has 0 spiro atoms. The number of carbonyl (C=O) groups excluding carboxylic acids is 1. The second-order valence-corrected chi connectivity index (χ2v) is 4.47. The number of amides is 1. The number of carbonyl (C=O) groups is 1. The maximum absolute atomic E-state index is 11.3. The van der Waals surface area contributed by atoms with Crippen LogP contribution in [-0.2, 0) is 11.2 Å². The van der Waals surface area contributed by atoms with E-state index in [4.69, 9.17) is 0 Å². The third-order valence-electron chi connectivity index (χ3n) is 3.35. The van der Waals surface area contributed by atoms with E-state index in [0.29, 0.717) is 5.69 Å². The van der Waals surface area contributed by atoms with E-state index in [1.54, 1.807) is 6.07 Å². The third kappa shape index (κ3) is 1.52. The number of fused-ring (bicyclic) bond motifs is 3. The van der Waals surface area contributed by atoms with E-state index in [1.807, 2.05) is 24.3 Å². The number of nitrogens with zero attached hydrogens (tertiary/aromatic N) is 1. The molecule has 0 aromatic heterocycles. The lowest BCUT2D eigenvalue weighted by Gasteiger charge is -2.16. The van der Waals surface area contributed by atoms with E-state index in [0.717, 1.165) is 22.6 Å². The maximum atomic E-state index is 11.3. The zero-order valence-electron chi connectivity index (χ0n) is 10.1. The molecule has 0 radical (unpaired) electrons. The van der Waals surface area contributed by atoms with Gasteiger partial charge in [0.2, 0.25) is 5.91 Å². The standard InChI is InChI=1S/C15H13NO2/c1-10(17)16(18)15-8-4-7-13-12-6-3-2-5-11(12)9-14(13)15/h2-8,18H,9H2,1H3. The zero-order valence-corrected chi connectivity index (χ0v) is 10.1. The van der Waals surface area contributed by atoms with Crippen molar-refractivity contribution in [3.63, 3.8) is 0 Å². The Bertz CT molecular complexity index is 634. The molecule has 0 saturated heterocycles. The summed E-state index contributed by atoms with van der Waals surface area (Å²) in [4.78, 5) is 11.3. The molecule has 0 fully saturated rings. The van der Waals surface area contributed by atoms with Crippen molar-refractivity contribution in [1.29, 1.82) is 0 Å². The highest BCUT2D eigenvalue weighted by molar-refractivity contribution is 5.93. The largest absolute Gasteiger partial charge is 0.281 e. The van der Waals surface area contributed by atoms with Gasteiger partial charge in [0.1, 0.15) is 0 Å². The second kappa shape index (κ2) is 3.96. The lowest BCUT2D eigenvalue weighted by Crippen LogP contribution is -2.24. The normalized spacial score (nSPS) is 11.9. The van der Waals surface area contributed by atoms with Crippen LogP contribution in [0, 0.1) is 0 Å². The number of hydrogen-bond donors (Lipinski definition) is 1. The molecule has 1 amide bonds. The van der Waals surface area contributed by atoms with Gasteiger partial charge in [0.15, 0.2) is 0 Å². The van der Waals surface area contributed by atoms with Crippen LogP contribution in [0.1, 0.15) is 18.1 Å². The molecule has 0 heterocycles. The molecule has 2 aromatic carbocycles. The van der Waals surface area contributed by atoms with Crippen molar-refractivity contribution >= 4 is 11.6 Å². The zero-order chi connectivity index (χ0) is 12.7. The average Bonchev–Trinajstić information content (AvgIpc) is 2.76. The first-order chi connectivity index (χ1) is 8.68. The molecule has 1 N–H and O–H groups in total. The Balaban J connectivity index is 2.17. The van der Waals surface area contributed by atoms with Crippen LogP contribution < -0.4 is 5.06 Å². The van der Waals surface area contributed by atoms with Crippen LogP contribution in [0.2, 0.25) is 0 Å². The Morgan fingerprint density at radius 3 is 2.61 bits per heavy atom. The number of benzene rings is 2. The van der Waals surface area contributed by atoms with Crippen molar-refractivity contribution in [2.75, 3.05) is 5.06 Å². The summed E-state index contributed by atoms with van der Waals surface area (Å²) < 4.78 is 0. The van der Waals surface area contributed by atoms with Gasteiger partial charge in [0.25, 0.3) is 0 Å². The van der Waals surface area contributed by atoms with Crippen molar-refractivity contribution in [2.24, 2.45) is 0 Å². The van der Waals surface area contributed by atoms with Gasteiger partial charge >= 0.3 is 0 Å². The first-order valence-electron chi connectivity index (χ1n) is 5.88. The summed E-state index contributed by atoms with van der Waals surface area (Å²) in [6, 6.07) is 13.8. The fourth-order valence-corrected chi connectivity index (χ4v) is 2.51. The molecule has 90 valence electrons. The van der Waals surface area contributed by atoms with Gasteiger partial charge in [-0.1, -0.05) is 36.4 Å². The van der Waals surface area contributed by atoms with E-state index in [1.165, 1.54) is 18.1 Å². The maximum Gasteiger partial charge on any atom is 0.247 e. The van der Waals surface area contributed by atoms with Crippen molar-refractivity contribution in [3.8, 4) is 11.1 Å². The molecule has 3 rings (SSSR count). The Morgan fingerprint density at radius 1 is 1.11 bits per heavy atom. The van der Waals surface area contributed by atoms with Crippen molar-refractivity contribution in [2.45, 2.75) is 13.3 Å². The number of rotatable bonds is 1. The molecule has 3 nitrogen and oxygen atoms in total. The molecular formula is C15H13NO2. The lowest BCUT2D eigenvalue weighted by atomic mass is 10.0. The molecular weight excluding hydrogens is 226 g/mol. The monoisotopic (exact) mass is 239 g/mol. The number of hydrogen-bond acceptors (Lipinski definition) is 2. The van der Waals surface area contributed by atoms with Gasteiger partial charge in [-0.25, -0.2) is 0 Å². The van der Waals surface area contributed by atoms with Crippen molar-refractivity contribution in [3.05, 3.63) is 53.6 Å². The van der Waals surface area contributed by atoms with Crippen LogP contribution in [0.25, 0.3) is 11.1 Å². The molecule has 1 aliphatic carbocycles. The second-order valence-electron chi connectivity index (χ2n) is 4.47. The summed E-state index contributed by atoms with van der Waals surface area (Å²) in [5.74, 6) is -0.376. The quantitative estimate of drug-likeness (QED) is 0.524. The highest BCUT2D eigenvalue weighted by Gasteiger charge is 2.23. The summed E-state index contributed by atoms with van der Waals surface area (Å²) in [5, 5.41) is 10.6. The van der Waals surface area contributed by atoms with Crippen LogP contribution >= 0.6 is 0 Å². The molecule has 18 heavy (non-hydrogen) atoms. The van der Waals surface area contributed by atoms with E-state index in [2.05, 4.69) is 12.1 Å². The minimum atomic E-state index is -0.376. The first kappa shape index (κ1) is 11.0. The fraction of sp³-hybridized carbons (Fsp3) is 0.133. The van der Waals surface area contributed by atoms with E-state index >= 15 is 0 Å². The minimum Gasteiger partial charge on any atom is -0.281 e. The molecule has 0 saturated carbocycles. The Hall–Kier alpha value is -2.13. The van der Waals surface area contributed by atoms with E-state index < -0.39 is 0 Å². The molecule has 0 aliphatic heterocycles. The van der Waals surface area contributed by atoms with Crippen LogP contribution in [0.4, 0.5) is 5.69 Å². The van der Waals surface area contributed by atoms with Gasteiger partial charge in [-0.15, -0.1) is 0 Å². The van der Waals surface area contributed by atoms with Crippen LogP contribution in [0.3, 0.4) is 0 Å². The van der Waals surface area contributed by atoms with E-state index in [-0.39, 0.29) is 5.91 Å². The molecule has 0 bridgehead atoms. The van der Waals surface area contributed by atoms with Gasteiger partial charge in [0, 0.05) is 13.3 Å². The van der Waals surface area contributed by atoms with Crippen LogP contribution in [0.15, 0.2) is 42.5 Å². The minimum absolute atomic E-state index is 0.376. The predicted octanol–water partition coefficient (Wildman–Crippen LogP) is 3.00. The van der Waals surface area contributed by atoms with Crippen LogP contribution in [0.5, 0.6) is 0 Å². The topological polar surface area (TPSA) is 40.5 Å². The average molecular weight is 239 g/mol. The predicted molar refractivity (Wildman–Crippen MR) is 69.6 cm³/mol. The number of hydroxylamine groups is 1. The summed E-state index contributed by atoms with van der Waals surface area (Å²) in [7, 11) is 0. The molecule has 0 unspecified atom stereocenters. The van der Waals surface area contributed by atoms with Crippen molar-refractivity contribution in [1.82, 2.24) is 0 Å². The molecule has 3 heteroatoms. The summed E-state index contributed by atoms with van der Waals surface area (Å²) in [6.07, 6.45) is 0.756. The van der Waals surface area contributed by atoms with Gasteiger partial charge in [0.05, 0.1) is 5.69 Å². The smallest absolute Gasteiger partial charge is 0.247 e. The number of anilines is 1. The summed E-state index contributed by atoms with van der Waals surface area (Å²) in [6.45, 7) is 1.35. The molecule has 0 atom stereocenters. The highest BCUT2D eigenvalue weighted by Crippen LogP contribution is 2.40. The summed E-state index contributed by atoms with van der Waals surface area (Å²) >= 11 is 0. The Kier molecular flexibility index (Phi) is 2.42. The molecule has 1 aliphatic rings. The van der Waals surface area contributed by atoms with Gasteiger partial charge in [-0.3, -0.25) is 10.0 Å². The van der Waals surface area contributed by atoms with Crippen molar-refractivity contribution < 1.29 is 10.0 Å². The van der Waals surface area contributed by atoms with Crippen LogP contribution in [-0.4, -0.2) is 11.1 Å². The lowest BCUT2D eigenvalue weighted by molar-refractivity contribution is -0.121. The van der Waals surface area contributed by atoms with Gasteiger partial charge in [-0.2, -0.15) is 5.06 Å².